The van der Waals surface area contributed by atoms with Crippen LogP contribution in [0.3, 0.4) is 0 Å². The predicted molar refractivity (Wildman–Crippen MR) is 107 cm³/mol. The Hall–Kier alpha value is -2.73. The summed E-state index contributed by atoms with van der Waals surface area (Å²) < 4.78 is 0. The third kappa shape index (κ3) is 3.10. The molecule has 4 N–H and O–H groups in total. The van der Waals surface area contributed by atoms with Gasteiger partial charge in [0.1, 0.15) is 0 Å². The zero-order chi connectivity index (χ0) is 19.8. The van der Waals surface area contributed by atoms with Crippen molar-refractivity contribution in [3.63, 3.8) is 0 Å². The molecule has 0 spiro atoms. The van der Waals surface area contributed by atoms with Gasteiger partial charge in [0.2, 0.25) is 0 Å². The molecule has 0 unspecified atom stereocenters. The summed E-state index contributed by atoms with van der Waals surface area (Å²) in [7, 11) is 0. The van der Waals surface area contributed by atoms with E-state index in [0.717, 1.165) is 28.7 Å². The minimum atomic E-state index is -0.982. The van der Waals surface area contributed by atoms with Crippen molar-refractivity contribution in [2.24, 2.45) is 5.73 Å². The van der Waals surface area contributed by atoms with E-state index in [2.05, 4.69) is 0 Å². The number of aromatic carboxylic acids is 2. The summed E-state index contributed by atoms with van der Waals surface area (Å²) in [6.07, 6.45) is 2.68. The van der Waals surface area contributed by atoms with Gasteiger partial charge in [-0.2, -0.15) is 0 Å². The van der Waals surface area contributed by atoms with Gasteiger partial charge in [0.25, 0.3) is 0 Å². The van der Waals surface area contributed by atoms with Crippen molar-refractivity contribution in [3.05, 3.63) is 69.8 Å². The van der Waals surface area contributed by atoms with Crippen molar-refractivity contribution in [1.29, 1.82) is 0 Å². The number of fused-ring (bicyclic) bond motifs is 2. The second kappa shape index (κ2) is 7.12. The Bertz CT molecular complexity index is 886. The summed E-state index contributed by atoms with van der Waals surface area (Å²) in [6, 6.07) is 10.2. The molecule has 1 aliphatic rings. The third-order valence-corrected chi connectivity index (χ3v) is 5.68. The maximum absolute atomic E-state index is 11.4. The van der Waals surface area contributed by atoms with Gasteiger partial charge in [0.15, 0.2) is 0 Å². The number of carboxylic acid groups (broad SMARTS) is 2. The molecular weight excluding hydrogens is 362 g/mol. The topological polar surface area (TPSA) is 101 Å². The van der Waals surface area contributed by atoms with E-state index in [-0.39, 0.29) is 11.1 Å². The molecule has 2 aromatic carbocycles. The van der Waals surface area contributed by atoms with Crippen LogP contribution in [0.2, 0.25) is 0 Å². The number of thiocarbonyl (C=S) groups is 1. The summed E-state index contributed by atoms with van der Waals surface area (Å²) in [6.45, 7) is 2.04. The first-order valence-electron chi connectivity index (χ1n) is 8.84. The third-order valence-electron chi connectivity index (χ3n) is 5.33. The average molecular weight is 383 g/mol. The Kier molecular flexibility index (Phi) is 5.02. The highest BCUT2D eigenvalue weighted by molar-refractivity contribution is 7.80. The lowest BCUT2D eigenvalue weighted by Crippen LogP contribution is -2.42. The van der Waals surface area contributed by atoms with Gasteiger partial charge >= 0.3 is 11.9 Å². The Labute approximate surface area is 162 Å². The lowest BCUT2D eigenvalue weighted by Gasteiger charge is -2.35. The van der Waals surface area contributed by atoms with Crippen LogP contribution in [0, 0.1) is 0 Å². The van der Waals surface area contributed by atoms with Crippen molar-refractivity contribution in [2.45, 2.75) is 38.0 Å². The van der Waals surface area contributed by atoms with Gasteiger partial charge in [-0.1, -0.05) is 37.7 Å². The number of hydrogen-bond donors (Lipinski definition) is 3. The zero-order valence-electron chi connectivity index (χ0n) is 15.0. The Morgan fingerprint density at radius 2 is 1.44 bits per heavy atom. The molecule has 0 saturated heterocycles. The molecule has 0 fully saturated rings. The fourth-order valence-corrected chi connectivity index (χ4v) is 4.47. The summed E-state index contributed by atoms with van der Waals surface area (Å²) in [5.41, 5.74) is 9.61. The molecule has 0 bridgehead atoms. The van der Waals surface area contributed by atoms with Gasteiger partial charge in [-0.05, 0) is 65.8 Å². The fraction of sp³-hybridized carbons (Fsp3) is 0.286. The van der Waals surface area contributed by atoms with Crippen molar-refractivity contribution < 1.29 is 19.8 Å². The summed E-state index contributed by atoms with van der Waals surface area (Å²) in [4.78, 5) is 23.2. The van der Waals surface area contributed by atoms with Gasteiger partial charge in [0, 0.05) is 0 Å². The van der Waals surface area contributed by atoms with Gasteiger partial charge < -0.3 is 15.9 Å². The number of aryl methyl sites for hydroxylation is 2. The van der Waals surface area contributed by atoms with Gasteiger partial charge in [-0.25, -0.2) is 9.59 Å². The number of hydrogen-bond acceptors (Lipinski definition) is 3. The van der Waals surface area contributed by atoms with Crippen molar-refractivity contribution in [1.82, 2.24) is 0 Å². The second-order valence-corrected chi connectivity index (χ2v) is 7.31. The van der Waals surface area contributed by atoms with E-state index in [4.69, 9.17) is 18.0 Å². The average Bonchev–Trinajstić information content (AvgIpc) is 2.77. The quantitative estimate of drug-likeness (QED) is 0.683. The number of benzene rings is 2. The summed E-state index contributed by atoms with van der Waals surface area (Å²) in [5.74, 6) is -1.96. The molecule has 2 aromatic rings. The van der Waals surface area contributed by atoms with Crippen LogP contribution in [0.1, 0.15) is 62.7 Å². The van der Waals surface area contributed by atoms with E-state index in [1.807, 2.05) is 19.1 Å². The molecule has 0 amide bonds. The van der Waals surface area contributed by atoms with Crippen LogP contribution in [0.25, 0.3) is 0 Å². The van der Waals surface area contributed by atoms with E-state index >= 15 is 0 Å². The van der Waals surface area contributed by atoms with Crippen LogP contribution in [0.15, 0.2) is 36.4 Å². The molecule has 0 aromatic heterocycles. The Balaban J connectivity index is 2.33. The molecule has 0 atom stereocenters. The molecule has 1 aliphatic carbocycles. The lowest BCUT2D eigenvalue weighted by atomic mass is 9.69. The molecule has 140 valence electrons. The summed E-state index contributed by atoms with van der Waals surface area (Å²) >= 11 is 5.52. The maximum Gasteiger partial charge on any atom is 0.335 e. The molecule has 6 heteroatoms. The van der Waals surface area contributed by atoms with E-state index in [1.165, 1.54) is 0 Å². The summed E-state index contributed by atoms with van der Waals surface area (Å²) in [5, 5.41) is 18.7. The van der Waals surface area contributed by atoms with Crippen LogP contribution in [0.4, 0.5) is 0 Å². The minimum absolute atomic E-state index is 0.222. The Morgan fingerprint density at radius 1 is 1.00 bits per heavy atom. The van der Waals surface area contributed by atoms with Gasteiger partial charge in [-0.3, -0.25) is 0 Å². The molecule has 0 aliphatic heterocycles. The largest absolute Gasteiger partial charge is 0.478 e. The van der Waals surface area contributed by atoms with Gasteiger partial charge in [-0.15, -0.1) is 0 Å². The molecule has 0 radical (unpaired) electrons. The number of carboxylic acids is 2. The van der Waals surface area contributed by atoms with Crippen molar-refractivity contribution >= 4 is 29.1 Å². The van der Waals surface area contributed by atoms with Crippen LogP contribution in [-0.4, -0.2) is 27.1 Å². The molecule has 5 nitrogen and oxygen atoms in total. The lowest BCUT2D eigenvalue weighted by molar-refractivity contribution is 0.0686. The smallest absolute Gasteiger partial charge is 0.335 e. The molecule has 0 saturated carbocycles. The van der Waals surface area contributed by atoms with E-state index in [0.29, 0.717) is 24.3 Å². The van der Waals surface area contributed by atoms with Crippen LogP contribution in [0.5, 0.6) is 0 Å². The predicted octanol–water partition coefficient (Wildman–Crippen LogP) is 3.55. The first kappa shape index (κ1) is 19.0. The highest BCUT2D eigenvalue weighted by Crippen LogP contribution is 2.44. The first-order valence-corrected chi connectivity index (χ1v) is 9.25. The minimum Gasteiger partial charge on any atom is -0.478 e. The second-order valence-electron chi connectivity index (χ2n) is 6.87. The van der Waals surface area contributed by atoms with E-state index < -0.39 is 17.4 Å². The zero-order valence-corrected chi connectivity index (χ0v) is 15.8. The Morgan fingerprint density at radius 3 is 1.78 bits per heavy atom. The normalized spacial score (nSPS) is 14.6. The number of nitrogens with two attached hydrogens (primary N) is 1. The molecule has 0 heterocycles. The van der Waals surface area contributed by atoms with Crippen LogP contribution in [-0.2, 0) is 18.3 Å². The van der Waals surface area contributed by atoms with Crippen molar-refractivity contribution in [2.75, 3.05) is 0 Å². The standard InChI is InChI=1S/C21H21NO4S/c1-2-9-21(20(22)27)16-7-5-14(18(23)24)10-12(16)3-4-13-11-15(19(25)26)6-8-17(13)21/h5-8,10-11H,2-4,9H2,1H3,(H2,22,27)(H,23,24)(H,25,26). The molecule has 27 heavy (non-hydrogen) atoms. The maximum atomic E-state index is 11.4. The van der Waals surface area contributed by atoms with Crippen molar-refractivity contribution in [3.8, 4) is 0 Å². The molecule has 3 rings (SSSR count). The van der Waals surface area contributed by atoms with E-state index in [9.17, 15) is 19.8 Å². The number of rotatable bonds is 5. The van der Waals surface area contributed by atoms with Crippen LogP contribution >= 0.6 is 12.2 Å². The SMILES string of the molecule is CCCC1(C(N)=S)c2ccc(C(=O)O)cc2CCc2cc(C(=O)O)ccc21. The number of carbonyl (C=O) groups is 2. The first-order chi connectivity index (χ1) is 12.8. The molecular formula is C21H21NO4S. The highest BCUT2D eigenvalue weighted by Gasteiger charge is 2.41. The fourth-order valence-electron chi connectivity index (χ4n) is 4.15. The van der Waals surface area contributed by atoms with Gasteiger partial charge in [0.05, 0.1) is 21.5 Å². The monoisotopic (exact) mass is 383 g/mol. The van der Waals surface area contributed by atoms with Crippen LogP contribution < -0.4 is 5.73 Å². The highest BCUT2D eigenvalue weighted by atomic mass is 32.1. The van der Waals surface area contributed by atoms with E-state index in [1.54, 1.807) is 24.3 Å².